The summed E-state index contributed by atoms with van der Waals surface area (Å²) in [6.45, 7) is 2.43. The maximum Gasteiger partial charge on any atom is 0.237 e. The second kappa shape index (κ2) is 8.88. The maximum atomic E-state index is 12.4. The SMILES string of the molecule is COc1cc(CC(=O)N2CCOCC2)ccc1Nc1ncc(Cl)c(OC)n1. The summed E-state index contributed by atoms with van der Waals surface area (Å²) in [5.74, 6) is 1.26. The van der Waals surface area contributed by atoms with Crippen LogP contribution in [0.15, 0.2) is 24.4 Å². The molecule has 1 amide bonds. The number of halogens is 1. The van der Waals surface area contributed by atoms with Crippen LogP contribution in [-0.2, 0) is 16.0 Å². The van der Waals surface area contributed by atoms with Crippen molar-refractivity contribution in [3.05, 3.63) is 35.0 Å². The summed E-state index contributed by atoms with van der Waals surface area (Å²) in [4.78, 5) is 22.5. The molecule has 1 aliphatic heterocycles. The van der Waals surface area contributed by atoms with Crippen LogP contribution >= 0.6 is 11.6 Å². The zero-order chi connectivity index (χ0) is 19.2. The van der Waals surface area contributed by atoms with Crippen LogP contribution in [0.2, 0.25) is 5.02 Å². The first-order chi connectivity index (χ1) is 13.1. The molecular weight excluding hydrogens is 372 g/mol. The number of amides is 1. The summed E-state index contributed by atoms with van der Waals surface area (Å²) in [7, 11) is 3.05. The number of hydrogen-bond donors (Lipinski definition) is 1. The molecule has 2 heterocycles. The largest absolute Gasteiger partial charge is 0.495 e. The standard InChI is InChI=1S/C18H21ClN4O4/c1-25-15-9-12(10-16(24)23-5-7-27-8-6-23)3-4-14(15)21-18-20-11-13(19)17(22-18)26-2/h3-4,9,11H,5-8,10H2,1-2H3,(H,20,21,22). The van der Waals surface area contributed by atoms with Gasteiger partial charge in [-0.3, -0.25) is 4.79 Å². The van der Waals surface area contributed by atoms with E-state index < -0.39 is 0 Å². The highest BCUT2D eigenvalue weighted by Gasteiger charge is 2.18. The van der Waals surface area contributed by atoms with Crippen LogP contribution in [0.25, 0.3) is 0 Å². The quantitative estimate of drug-likeness (QED) is 0.807. The number of hydrogen-bond acceptors (Lipinski definition) is 7. The van der Waals surface area contributed by atoms with Gasteiger partial charge >= 0.3 is 0 Å². The third kappa shape index (κ3) is 4.78. The molecule has 9 heteroatoms. The molecule has 0 aliphatic carbocycles. The molecule has 1 aliphatic rings. The van der Waals surface area contributed by atoms with Crippen molar-refractivity contribution in [2.45, 2.75) is 6.42 Å². The number of nitrogens with one attached hydrogen (secondary N) is 1. The Balaban J connectivity index is 1.73. The second-order valence-electron chi connectivity index (χ2n) is 5.88. The number of aromatic nitrogens is 2. The Labute approximate surface area is 162 Å². The Morgan fingerprint density at radius 3 is 2.78 bits per heavy atom. The monoisotopic (exact) mass is 392 g/mol. The number of ether oxygens (including phenoxy) is 3. The van der Waals surface area contributed by atoms with Gasteiger partial charge in [0.05, 0.1) is 45.7 Å². The lowest BCUT2D eigenvalue weighted by Crippen LogP contribution is -2.41. The fourth-order valence-electron chi connectivity index (χ4n) is 2.72. The normalized spacial score (nSPS) is 14.0. The van der Waals surface area contributed by atoms with Gasteiger partial charge in [-0.1, -0.05) is 17.7 Å². The Kier molecular flexibility index (Phi) is 6.31. The maximum absolute atomic E-state index is 12.4. The molecule has 0 spiro atoms. The van der Waals surface area contributed by atoms with E-state index in [-0.39, 0.29) is 11.8 Å². The fraction of sp³-hybridized carbons (Fsp3) is 0.389. The van der Waals surface area contributed by atoms with Crippen molar-refractivity contribution in [2.24, 2.45) is 0 Å². The van der Waals surface area contributed by atoms with Gasteiger partial charge in [-0.15, -0.1) is 0 Å². The lowest BCUT2D eigenvalue weighted by molar-refractivity contribution is -0.134. The first kappa shape index (κ1) is 19.2. The molecule has 1 N–H and O–H groups in total. The summed E-state index contributed by atoms with van der Waals surface area (Å²) in [6, 6.07) is 5.52. The molecule has 1 saturated heterocycles. The van der Waals surface area contributed by atoms with E-state index in [2.05, 4.69) is 15.3 Å². The minimum Gasteiger partial charge on any atom is -0.495 e. The van der Waals surface area contributed by atoms with E-state index in [0.717, 1.165) is 5.56 Å². The van der Waals surface area contributed by atoms with E-state index in [9.17, 15) is 4.79 Å². The van der Waals surface area contributed by atoms with Gasteiger partial charge < -0.3 is 24.4 Å². The van der Waals surface area contributed by atoms with Crippen LogP contribution in [0.1, 0.15) is 5.56 Å². The van der Waals surface area contributed by atoms with Crippen molar-refractivity contribution in [1.82, 2.24) is 14.9 Å². The smallest absolute Gasteiger partial charge is 0.237 e. The summed E-state index contributed by atoms with van der Waals surface area (Å²) < 4.78 is 15.8. The number of carbonyl (C=O) groups excluding carboxylic acids is 1. The van der Waals surface area contributed by atoms with Gasteiger partial charge in [0.15, 0.2) is 0 Å². The zero-order valence-corrected chi connectivity index (χ0v) is 16.0. The molecule has 3 rings (SSSR count). The molecule has 27 heavy (non-hydrogen) atoms. The van der Waals surface area contributed by atoms with Gasteiger partial charge in [0.1, 0.15) is 10.8 Å². The highest BCUT2D eigenvalue weighted by atomic mass is 35.5. The van der Waals surface area contributed by atoms with Gasteiger partial charge in [0, 0.05) is 13.1 Å². The minimum absolute atomic E-state index is 0.0758. The van der Waals surface area contributed by atoms with Gasteiger partial charge in [0.2, 0.25) is 17.7 Å². The van der Waals surface area contributed by atoms with E-state index in [4.69, 9.17) is 25.8 Å². The molecule has 8 nitrogen and oxygen atoms in total. The van der Waals surface area contributed by atoms with Crippen LogP contribution in [0, 0.1) is 0 Å². The summed E-state index contributed by atoms with van der Waals surface area (Å²) in [5.41, 5.74) is 1.54. The Hall–Kier alpha value is -2.58. The number of benzene rings is 1. The molecule has 1 fully saturated rings. The number of methoxy groups -OCH3 is 2. The molecule has 1 aromatic carbocycles. The minimum atomic E-state index is 0.0758. The molecule has 0 radical (unpaired) electrons. The number of morpholine rings is 1. The van der Waals surface area contributed by atoms with E-state index in [1.165, 1.54) is 13.3 Å². The number of rotatable bonds is 6. The van der Waals surface area contributed by atoms with Crippen molar-refractivity contribution >= 4 is 29.1 Å². The predicted octanol–water partition coefficient (Wildman–Crippen LogP) is 2.29. The van der Waals surface area contributed by atoms with Gasteiger partial charge in [0.25, 0.3) is 0 Å². The van der Waals surface area contributed by atoms with Crippen molar-refractivity contribution in [3.63, 3.8) is 0 Å². The van der Waals surface area contributed by atoms with Gasteiger partial charge in [-0.25, -0.2) is 4.98 Å². The molecule has 0 atom stereocenters. The topological polar surface area (TPSA) is 85.8 Å². The van der Waals surface area contributed by atoms with Crippen LogP contribution in [-0.4, -0.2) is 61.3 Å². The van der Waals surface area contributed by atoms with E-state index >= 15 is 0 Å². The summed E-state index contributed by atoms with van der Waals surface area (Å²) in [6.07, 6.45) is 1.76. The molecule has 144 valence electrons. The van der Waals surface area contributed by atoms with Crippen LogP contribution in [0.5, 0.6) is 11.6 Å². The molecule has 1 aromatic heterocycles. The average molecular weight is 393 g/mol. The Bertz CT molecular complexity index is 812. The van der Waals surface area contributed by atoms with E-state index in [1.54, 1.807) is 7.11 Å². The van der Waals surface area contributed by atoms with Crippen molar-refractivity contribution in [2.75, 3.05) is 45.8 Å². The van der Waals surface area contributed by atoms with E-state index in [0.29, 0.717) is 55.1 Å². The first-order valence-electron chi connectivity index (χ1n) is 8.46. The third-order valence-corrected chi connectivity index (χ3v) is 4.40. The summed E-state index contributed by atoms with van der Waals surface area (Å²) >= 11 is 5.94. The molecule has 0 unspecified atom stereocenters. The summed E-state index contributed by atoms with van der Waals surface area (Å²) in [5, 5.41) is 3.40. The van der Waals surface area contributed by atoms with Gasteiger partial charge in [-0.05, 0) is 17.7 Å². The second-order valence-corrected chi connectivity index (χ2v) is 6.29. The highest BCUT2D eigenvalue weighted by molar-refractivity contribution is 6.31. The number of carbonyl (C=O) groups is 1. The van der Waals surface area contributed by atoms with Crippen molar-refractivity contribution in [3.8, 4) is 11.6 Å². The van der Waals surface area contributed by atoms with Crippen molar-refractivity contribution < 1.29 is 19.0 Å². The van der Waals surface area contributed by atoms with Crippen LogP contribution in [0.3, 0.4) is 0 Å². The Morgan fingerprint density at radius 1 is 1.30 bits per heavy atom. The number of nitrogens with zero attached hydrogens (tertiary/aromatic N) is 3. The third-order valence-electron chi connectivity index (χ3n) is 4.14. The molecular formula is C18H21ClN4O4. The molecule has 2 aromatic rings. The Morgan fingerprint density at radius 2 is 2.07 bits per heavy atom. The number of anilines is 2. The average Bonchev–Trinajstić information content (AvgIpc) is 2.71. The van der Waals surface area contributed by atoms with Crippen LogP contribution < -0.4 is 14.8 Å². The fourth-order valence-corrected chi connectivity index (χ4v) is 2.89. The first-order valence-corrected chi connectivity index (χ1v) is 8.84. The lowest BCUT2D eigenvalue weighted by atomic mass is 10.1. The highest BCUT2D eigenvalue weighted by Crippen LogP contribution is 2.29. The predicted molar refractivity (Wildman–Crippen MR) is 101 cm³/mol. The van der Waals surface area contributed by atoms with Crippen molar-refractivity contribution in [1.29, 1.82) is 0 Å². The van der Waals surface area contributed by atoms with Crippen LogP contribution in [0.4, 0.5) is 11.6 Å². The lowest BCUT2D eigenvalue weighted by Gasteiger charge is -2.27. The van der Waals surface area contributed by atoms with Gasteiger partial charge in [-0.2, -0.15) is 4.98 Å². The zero-order valence-electron chi connectivity index (χ0n) is 15.2. The van der Waals surface area contributed by atoms with E-state index in [1.807, 2.05) is 23.1 Å². The molecule has 0 saturated carbocycles. The molecule has 0 bridgehead atoms.